The molecule has 9 aromatic heterocycles. The van der Waals surface area contributed by atoms with Crippen molar-refractivity contribution in [3.8, 4) is 22.3 Å². The third-order valence-corrected chi connectivity index (χ3v) is 18.8. The normalized spacial score (nSPS) is 27.9. The number of hydrogen-bond donors (Lipinski definition) is 14. The molecule has 28 nitrogen and oxygen atoms in total. The van der Waals surface area contributed by atoms with Crippen molar-refractivity contribution in [2.24, 2.45) is 0 Å². The number of aldehydes is 1. The zero-order valence-corrected chi connectivity index (χ0v) is 48.9. The van der Waals surface area contributed by atoms with Crippen molar-refractivity contribution in [3.63, 3.8) is 0 Å². The fraction of sp³-hybridized carbons (Fsp3) is 0.385. The largest absolute Gasteiger partial charge is 0.490 e. The van der Waals surface area contributed by atoms with Gasteiger partial charge in [0.2, 0.25) is 0 Å². The van der Waals surface area contributed by atoms with Crippen LogP contribution in [0, 0.1) is 3.57 Å². The molecule has 0 saturated carbocycles. The second-order valence-corrected chi connectivity index (χ2v) is 24.7. The Hall–Kier alpha value is -6.07. The van der Waals surface area contributed by atoms with Crippen LogP contribution >= 0.6 is 56.6 Å². The molecule has 0 bridgehead atoms. The predicted octanol–water partition coefficient (Wildman–Crippen LogP) is 1.31. The molecular formula is C52H58BIN12O16S3. The van der Waals surface area contributed by atoms with Gasteiger partial charge in [0.05, 0.1) is 47.4 Å². The molecule has 5 aliphatic heterocycles. The van der Waals surface area contributed by atoms with Gasteiger partial charge >= 0.3 is 7.12 Å². The average molecular weight is 1340 g/mol. The number of nitrogens with one attached hydrogen (secondary N) is 2. The molecule has 0 spiro atoms. The van der Waals surface area contributed by atoms with Crippen molar-refractivity contribution in [2.45, 2.75) is 107 Å². The molecule has 85 heavy (non-hydrogen) atoms. The van der Waals surface area contributed by atoms with E-state index in [9.17, 15) is 55.5 Å². The molecule has 1 amide bonds. The highest BCUT2D eigenvalue weighted by Crippen LogP contribution is 2.48. The second kappa shape index (κ2) is 23.9. The fourth-order valence-electron chi connectivity index (χ4n) is 11.0. The molecule has 450 valence electrons. The number of aliphatic hydroxyl groups excluding tert-OH is 6. The van der Waals surface area contributed by atoms with E-state index in [-0.39, 0.29) is 32.0 Å². The van der Waals surface area contributed by atoms with Gasteiger partial charge in [0, 0.05) is 49.2 Å². The Balaban J connectivity index is 0.000000131. The molecule has 3 saturated heterocycles. The highest BCUT2D eigenvalue weighted by molar-refractivity contribution is 14.1. The summed E-state index contributed by atoms with van der Waals surface area (Å²) in [6, 6.07) is 5.42. The minimum absolute atomic E-state index is 0. The van der Waals surface area contributed by atoms with Crippen LogP contribution in [0.5, 0.6) is 0 Å². The van der Waals surface area contributed by atoms with Crippen molar-refractivity contribution < 1.29 is 79.8 Å². The standard InChI is InChI=1S/C17H16N4O5S.C17H18N4O4S.C12H15IN4O4.C5H5BO3S.CH4/c1-17(25)12(23)9(5-22)26-16(17)21-4-8-7-2-3-27-11(7)15(24)20-13-10(8)14(21)19-6-18-13;1-17(24)13(23)10(6-22)25-16(17)21-5-9-8-2-3-26-11(8)4-18-14-12(9)15(21)20-7-19-14;1-12(20)8(19)6(3-18)21-11(12)17-2-5(13)7-9(14)15-4-16-10(7)17;7-3-5-4(6(8)9)1-2-10-5;/h2-4,6,9,12,16,22-23,25H,5H2,1H3,(H,18,19,20,24);2-3,5,7,10,13,16,22-24H,4,6H2,1H3,(H,18,19,20);2,4,6,8,11,18-20H,3H2,1H3,(H2,14,15,16);1-3,8-9H;1H4/t9-,12-,16?,17-;10-,13-,16?,17-;6-,8-,11?,12-;;/m111../s1. The summed E-state index contributed by atoms with van der Waals surface area (Å²) < 4.78 is 22.9. The van der Waals surface area contributed by atoms with Gasteiger partial charge in [-0.25, -0.2) is 29.9 Å². The molecule has 12 atom stereocenters. The minimum atomic E-state index is -1.65. The third kappa shape index (κ3) is 10.5. The van der Waals surface area contributed by atoms with E-state index >= 15 is 0 Å². The van der Waals surface area contributed by atoms with E-state index < -0.39 is 85.8 Å². The van der Waals surface area contributed by atoms with Crippen molar-refractivity contribution in [1.82, 2.24) is 43.6 Å². The van der Waals surface area contributed by atoms with Crippen LogP contribution in [0.4, 0.5) is 17.5 Å². The molecule has 5 aliphatic rings. The van der Waals surface area contributed by atoms with Crippen molar-refractivity contribution >= 4 is 132 Å². The summed E-state index contributed by atoms with van der Waals surface area (Å²) in [5.74, 6) is 1.20. The lowest BCUT2D eigenvalue weighted by Crippen LogP contribution is -2.44. The van der Waals surface area contributed by atoms with Crippen LogP contribution in [-0.2, 0) is 20.8 Å². The number of carbonyl (C=O) groups excluding carboxylic acids is 2. The Kier molecular flexibility index (Phi) is 17.4. The van der Waals surface area contributed by atoms with E-state index in [1.54, 1.807) is 42.8 Å². The van der Waals surface area contributed by atoms with Crippen LogP contribution in [0.2, 0.25) is 0 Å². The van der Waals surface area contributed by atoms with Crippen LogP contribution < -0.4 is 21.8 Å². The van der Waals surface area contributed by atoms with Gasteiger partial charge in [0.15, 0.2) is 25.0 Å². The molecule has 14 rings (SSSR count). The van der Waals surface area contributed by atoms with Gasteiger partial charge in [0.25, 0.3) is 5.91 Å². The fourth-order valence-corrected chi connectivity index (χ4v) is 14.1. The van der Waals surface area contributed by atoms with E-state index in [0.29, 0.717) is 61.9 Å². The highest BCUT2D eigenvalue weighted by Gasteiger charge is 2.56. The van der Waals surface area contributed by atoms with E-state index in [1.807, 2.05) is 23.0 Å². The molecule has 9 aromatic rings. The van der Waals surface area contributed by atoms with E-state index in [2.05, 4.69) is 69.2 Å². The zero-order valence-electron chi connectivity index (χ0n) is 44.3. The predicted molar refractivity (Wildman–Crippen MR) is 321 cm³/mol. The number of halogens is 1. The smallest absolute Gasteiger partial charge is 0.423 e. The van der Waals surface area contributed by atoms with Crippen molar-refractivity contribution in [2.75, 3.05) is 36.2 Å². The Morgan fingerprint density at radius 1 is 0.671 bits per heavy atom. The number of hydrogen-bond acceptors (Lipinski definition) is 27. The number of nitrogens with zero attached hydrogens (tertiary/aromatic N) is 9. The average Bonchev–Trinajstić information content (AvgIpc) is 1.81. The topological polar surface area (TPSA) is 427 Å². The first-order valence-electron chi connectivity index (χ1n) is 25.6. The first-order valence-corrected chi connectivity index (χ1v) is 29.4. The molecule has 14 heterocycles. The maximum absolute atomic E-state index is 12.4. The van der Waals surface area contributed by atoms with Crippen LogP contribution in [0.1, 0.15) is 71.1 Å². The van der Waals surface area contributed by atoms with Gasteiger partial charge < -0.3 is 100 Å². The number of ether oxygens (including phenoxy) is 3. The maximum Gasteiger partial charge on any atom is 0.490 e. The summed E-state index contributed by atoms with van der Waals surface area (Å²) in [5.41, 5.74) is 6.43. The zero-order chi connectivity index (χ0) is 59.9. The molecule has 3 fully saturated rings. The first-order chi connectivity index (χ1) is 40.1. The Labute approximate surface area is 507 Å². The minimum Gasteiger partial charge on any atom is -0.423 e. The number of amides is 1. The van der Waals surface area contributed by atoms with Gasteiger partial charge in [-0.05, 0) is 77.2 Å². The molecule has 3 unspecified atom stereocenters. The number of nitrogens with two attached hydrogens (primary N) is 1. The van der Waals surface area contributed by atoms with Gasteiger partial charge in [0.1, 0.15) is 112 Å². The molecular weight excluding hydrogens is 1280 g/mol. The van der Waals surface area contributed by atoms with E-state index in [4.69, 9.17) is 30.0 Å². The summed E-state index contributed by atoms with van der Waals surface area (Å²) in [4.78, 5) is 50.2. The van der Waals surface area contributed by atoms with E-state index in [1.165, 1.54) is 73.4 Å². The Morgan fingerprint density at radius 2 is 1.13 bits per heavy atom. The van der Waals surface area contributed by atoms with Gasteiger partial charge in [-0.1, -0.05) is 13.5 Å². The monoisotopic (exact) mass is 1340 g/mol. The maximum atomic E-state index is 12.4. The number of thiophene rings is 3. The van der Waals surface area contributed by atoms with Crippen molar-refractivity contribution in [3.05, 3.63) is 90.1 Å². The van der Waals surface area contributed by atoms with Gasteiger partial charge in [-0.2, -0.15) is 0 Å². The lowest BCUT2D eigenvalue weighted by Gasteiger charge is -2.27. The summed E-state index contributed by atoms with van der Waals surface area (Å²) in [7, 11) is -1.54. The first kappa shape index (κ1) is 62.0. The number of anilines is 3. The number of fused-ring (bicyclic) bond motifs is 5. The molecule has 0 radical (unpaired) electrons. The van der Waals surface area contributed by atoms with Crippen LogP contribution in [-0.4, -0.2) is 192 Å². The van der Waals surface area contributed by atoms with Gasteiger partial charge in [-0.3, -0.25) is 9.59 Å². The van der Waals surface area contributed by atoms with Crippen LogP contribution in [0.3, 0.4) is 0 Å². The van der Waals surface area contributed by atoms with Crippen LogP contribution in [0.15, 0.2) is 71.9 Å². The summed E-state index contributed by atoms with van der Waals surface area (Å²) in [6.45, 7) is 3.92. The van der Waals surface area contributed by atoms with Crippen molar-refractivity contribution in [1.29, 1.82) is 0 Å². The summed E-state index contributed by atoms with van der Waals surface area (Å²) in [5, 5.41) is 122. The molecule has 0 aromatic carbocycles. The summed E-state index contributed by atoms with van der Waals surface area (Å²) >= 11 is 6.27. The quantitative estimate of drug-likeness (QED) is 0.0579. The number of aliphatic hydroxyl groups is 9. The lowest BCUT2D eigenvalue weighted by molar-refractivity contribution is -0.0948. The summed E-state index contributed by atoms with van der Waals surface area (Å²) in [6.07, 6.45) is 1.01. The van der Waals surface area contributed by atoms with E-state index in [0.717, 1.165) is 37.0 Å². The Morgan fingerprint density at radius 3 is 1.64 bits per heavy atom. The highest BCUT2D eigenvalue weighted by atomic mass is 127. The number of aromatic nitrogens is 9. The molecule has 0 aliphatic carbocycles. The second-order valence-electron chi connectivity index (χ2n) is 20.7. The van der Waals surface area contributed by atoms with Gasteiger partial charge in [-0.15, -0.1) is 34.0 Å². The molecule has 15 N–H and O–H groups in total. The SMILES string of the molecule is C.C[C@]1(O)C(n2cc(I)c3c(N)ncnc32)O[C@H](CO)[C@H]1O.C[C@]1(O)C(n2cc3c4c(ncnc42)NC(=O)c2sccc2-3)O[C@H](CO)[C@H]1O.C[C@]1(O)C(n2cc3c4c(ncnc42)NCc2sccc2-3)O[C@H](CO)[C@H]1O.O=Cc1sccc1B(O)O. The number of rotatable bonds is 8. The molecule has 33 heteroatoms. The van der Waals surface area contributed by atoms with Crippen LogP contribution in [0.25, 0.3) is 55.4 Å². The number of carbonyl (C=O) groups is 2. The lowest BCUT2D eigenvalue weighted by atomic mass is 9.81. The Bertz CT molecular complexity index is 3940. The third-order valence-electron chi connectivity index (χ3n) is 15.3. The number of nitrogen functional groups attached to an aromatic ring is 1.